The fraction of sp³-hybridized carbons (Fsp3) is 0.222. The van der Waals surface area contributed by atoms with Crippen LogP contribution in [-0.2, 0) is 20.6 Å². The van der Waals surface area contributed by atoms with E-state index in [-0.39, 0.29) is 5.65 Å². The summed E-state index contributed by atoms with van der Waals surface area (Å²) in [7, 11) is 4.61. The van der Waals surface area contributed by atoms with Crippen LogP contribution in [0.2, 0.25) is 0 Å². The van der Waals surface area contributed by atoms with Gasteiger partial charge in [0.05, 0.1) is 13.3 Å². The molecular weight excluding hydrogens is 348 g/mol. The summed E-state index contributed by atoms with van der Waals surface area (Å²) in [6.07, 6.45) is 3.26. The van der Waals surface area contributed by atoms with Crippen LogP contribution in [0.1, 0.15) is 5.56 Å². The Kier molecular flexibility index (Phi) is 4.93. The summed E-state index contributed by atoms with van der Waals surface area (Å²) in [4.78, 5) is 29.0. The summed E-state index contributed by atoms with van der Waals surface area (Å²) >= 11 is 0. The first-order chi connectivity index (χ1) is 13.0. The number of aromatic nitrogens is 4. The number of hydrogen-bond donors (Lipinski definition) is 1. The smallest absolute Gasteiger partial charge is 0.332 e. The van der Waals surface area contributed by atoms with Crippen LogP contribution in [0.4, 0.5) is 5.95 Å². The second kappa shape index (κ2) is 7.32. The minimum absolute atomic E-state index is 0.284. The number of ether oxygens (including phenoxy) is 1. The van der Waals surface area contributed by atoms with E-state index in [1.807, 2.05) is 24.3 Å². The van der Waals surface area contributed by atoms with Crippen molar-refractivity contribution in [3.63, 3.8) is 0 Å². The highest BCUT2D eigenvalue weighted by Crippen LogP contribution is 2.16. The molecule has 2 heterocycles. The number of benzene rings is 1. The van der Waals surface area contributed by atoms with E-state index in [0.29, 0.717) is 18.0 Å². The monoisotopic (exact) mass is 368 g/mol. The molecule has 1 N–H and O–H groups in total. The van der Waals surface area contributed by atoms with Crippen molar-refractivity contribution in [3.05, 3.63) is 63.3 Å². The second-order valence-electron chi connectivity index (χ2n) is 5.86. The first-order valence-electron chi connectivity index (χ1n) is 8.18. The highest BCUT2D eigenvalue weighted by Gasteiger charge is 2.18. The zero-order valence-electron chi connectivity index (χ0n) is 15.3. The van der Waals surface area contributed by atoms with E-state index in [4.69, 9.17) is 4.74 Å². The highest BCUT2D eigenvalue weighted by atomic mass is 16.5. The molecule has 0 spiro atoms. The van der Waals surface area contributed by atoms with E-state index in [2.05, 4.69) is 22.1 Å². The number of fused-ring (bicyclic) bond motifs is 1. The van der Waals surface area contributed by atoms with Gasteiger partial charge in [-0.1, -0.05) is 6.08 Å². The van der Waals surface area contributed by atoms with E-state index in [0.717, 1.165) is 15.9 Å². The van der Waals surface area contributed by atoms with Gasteiger partial charge in [-0.15, -0.1) is 6.58 Å². The molecule has 27 heavy (non-hydrogen) atoms. The summed E-state index contributed by atoms with van der Waals surface area (Å²) in [5.74, 6) is 1.10. The van der Waals surface area contributed by atoms with Gasteiger partial charge in [0, 0.05) is 20.6 Å². The number of imidazole rings is 1. The number of hydrogen-bond acceptors (Lipinski definition) is 6. The lowest BCUT2D eigenvalue weighted by Crippen LogP contribution is -2.37. The number of nitrogens with one attached hydrogen (secondary N) is 1. The molecular formula is C18H20N6O3. The Hall–Kier alpha value is -3.62. The van der Waals surface area contributed by atoms with Crippen molar-refractivity contribution in [1.29, 1.82) is 0 Å². The van der Waals surface area contributed by atoms with Crippen LogP contribution < -0.4 is 21.4 Å². The van der Waals surface area contributed by atoms with Gasteiger partial charge in [0.25, 0.3) is 5.56 Å². The number of hydrazone groups is 1. The number of rotatable bonds is 6. The van der Waals surface area contributed by atoms with E-state index in [9.17, 15) is 9.59 Å². The summed E-state index contributed by atoms with van der Waals surface area (Å²) in [5, 5.41) is 4.18. The quantitative estimate of drug-likeness (QED) is 0.399. The van der Waals surface area contributed by atoms with Gasteiger partial charge in [-0.3, -0.25) is 18.5 Å². The number of allylic oxidation sites excluding steroid dienone is 1. The van der Waals surface area contributed by atoms with Crippen LogP contribution in [0.5, 0.6) is 5.75 Å². The lowest BCUT2D eigenvalue weighted by Gasteiger charge is -2.06. The van der Waals surface area contributed by atoms with Crippen molar-refractivity contribution < 1.29 is 4.74 Å². The Morgan fingerprint density at radius 2 is 1.93 bits per heavy atom. The SMILES string of the molecule is C=CCn1c(N/N=C\c2ccc(OC)cc2)nc2c1c(=O)n(C)c(=O)n2C. The second-order valence-corrected chi connectivity index (χ2v) is 5.86. The summed E-state index contributed by atoms with van der Waals surface area (Å²) < 4.78 is 9.13. The highest BCUT2D eigenvalue weighted by molar-refractivity contribution is 5.80. The topological polar surface area (TPSA) is 95.4 Å². The number of anilines is 1. The lowest BCUT2D eigenvalue weighted by atomic mass is 10.2. The van der Waals surface area contributed by atoms with Crippen LogP contribution in [0.15, 0.2) is 51.6 Å². The van der Waals surface area contributed by atoms with Crippen LogP contribution in [0, 0.1) is 0 Å². The van der Waals surface area contributed by atoms with Crippen molar-refractivity contribution >= 4 is 23.3 Å². The molecule has 0 aliphatic rings. The number of methoxy groups -OCH3 is 1. The molecule has 0 saturated heterocycles. The number of aryl methyl sites for hydroxylation is 1. The first kappa shape index (κ1) is 18.2. The van der Waals surface area contributed by atoms with Crippen molar-refractivity contribution in [2.75, 3.05) is 12.5 Å². The molecule has 2 aromatic heterocycles. The molecule has 0 bridgehead atoms. The standard InChI is InChI=1S/C18H20N6O3/c1-5-10-24-14-15(22(2)18(26)23(3)16(14)25)20-17(24)21-19-11-12-6-8-13(27-4)9-7-12/h5-9,11H,1,10H2,2-4H3,(H,20,21)/b19-11-. The zero-order valence-corrected chi connectivity index (χ0v) is 15.3. The largest absolute Gasteiger partial charge is 0.497 e. The van der Waals surface area contributed by atoms with E-state index in [1.54, 1.807) is 31.0 Å². The van der Waals surface area contributed by atoms with Crippen LogP contribution >= 0.6 is 0 Å². The molecule has 0 fully saturated rings. The fourth-order valence-corrected chi connectivity index (χ4v) is 2.69. The average molecular weight is 368 g/mol. The Bertz CT molecular complexity index is 1140. The maximum atomic E-state index is 12.5. The predicted molar refractivity (Wildman–Crippen MR) is 105 cm³/mol. The van der Waals surface area contributed by atoms with Crippen molar-refractivity contribution in [3.8, 4) is 5.75 Å². The molecule has 9 nitrogen and oxygen atoms in total. The Morgan fingerprint density at radius 1 is 1.22 bits per heavy atom. The third-order valence-electron chi connectivity index (χ3n) is 4.15. The molecule has 0 unspecified atom stereocenters. The number of nitrogens with zero attached hydrogens (tertiary/aromatic N) is 5. The van der Waals surface area contributed by atoms with Gasteiger partial charge in [-0.05, 0) is 29.8 Å². The minimum Gasteiger partial charge on any atom is -0.497 e. The van der Waals surface area contributed by atoms with Crippen molar-refractivity contribution in [1.82, 2.24) is 18.7 Å². The average Bonchev–Trinajstić information content (AvgIpc) is 3.04. The molecule has 0 saturated carbocycles. The van der Waals surface area contributed by atoms with Gasteiger partial charge in [0.15, 0.2) is 11.2 Å². The van der Waals surface area contributed by atoms with Crippen LogP contribution in [-0.4, -0.2) is 32.0 Å². The molecule has 9 heteroatoms. The van der Waals surface area contributed by atoms with E-state index < -0.39 is 11.2 Å². The molecule has 3 aromatic rings. The first-order valence-corrected chi connectivity index (χ1v) is 8.18. The maximum absolute atomic E-state index is 12.5. The van der Waals surface area contributed by atoms with E-state index in [1.165, 1.54) is 11.6 Å². The summed E-state index contributed by atoms with van der Waals surface area (Å²) in [5.41, 5.74) is 3.43. The minimum atomic E-state index is -0.441. The van der Waals surface area contributed by atoms with Gasteiger partial charge < -0.3 is 4.74 Å². The summed E-state index contributed by atoms with van der Waals surface area (Å²) in [6, 6.07) is 7.37. The Morgan fingerprint density at radius 3 is 2.56 bits per heavy atom. The normalized spacial score (nSPS) is 11.2. The molecule has 0 aliphatic heterocycles. The fourth-order valence-electron chi connectivity index (χ4n) is 2.69. The molecule has 0 amide bonds. The predicted octanol–water partition coefficient (Wildman–Crippen LogP) is 1.07. The molecule has 0 atom stereocenters. The molecule has 0 aliphatic carbocycles. The third-order valence-corrected chi connectivity index (χ3v) is 4.15. The summed E-state index contributed by atoms with van der Waals surface area (Å²) in [6.45, 7) is 4.05. The Balaban J connectivity index is 2.01. The van der Waals surface area contributed by atoms with Gasteiger partial charge in [0.2, 0.25) is 5.95 Å². The molecule has 140 valence electrons. The molecule has 1 aromatic carbocycles. The maximum Gasteiger partial charge on any atom is 0.332 e. The van der Waals surface area contributed by atoms with E-state index >= 15 is 0 Å². The zero-order chi connectivity index (χ0) is 19.6. The van der Waals surface area contributed by atoms with Crippen molar-refractivity contribution in [2.24, 2.45) is 19.2 Å². The molecule has 3 rings (SSSR count). The van der Waals surface area contributed by atoms with Gasteiger partial charge in [-0.2, -0.15) is 10.1 Å². The van der Waals surface area contributed by atoms with Gasteiger partial charge >= 0.3 is 5.69 Å². The van der Waals surface area contributed by atoms with Crippen LogP contribution in [0.3, 0.4) is 0 Å². The molecule has 0 radical (unpaired) electrons. The lowest BCUT2D eigenvalue weighted by molar-refractivity contribution is 0.415. The van der Waals surface area contributed by atoms with Crippen molar-refractivity contribution in [2.45, 2.75) is 6.54 Å². The Labute approximate surface area is 154 Å². The third kappa shape index (κ3) is 3.26. The van der Waals surface area contributed by atoms with Crippen LogP contribution in [0.25, 0.3) is 11.2 Å². The van der Waals surface area contributed by atoms with Gasteiger partial charge in [-0.25, -0.2) is 10.2 Å². The van der Waals surface area contributed by atoms with Gasteiger partial charge in [0.1, 0.15) is 5.75 Å².